The third-order valence-corrected chi connectivity index (χ3v) is 5.17. The first-order valence-corrected chi connectivity index (χ1v) is 10.2. The summed E-state index contributed by atoms with van der Waals surface area (Å²) in [6, 6.07) is 12.6. The number of esters is 1. The zero-order chi connectivity index (χ0) is 22.7. The van der Waals surface area contributed by atoms with Crippen LogP contribution in [0.3, 0.4) is 0 Å². The third kappa shape index (κ3) is 4.44. The van der Waals surface area contributed by atoms with Crippen LogP contribution in [0.2, 0.25) is 0 Å². The summed E-state index contributed by atoms with van der Waals surface area (Å²) in [7, 11) is 4.59. The quantitative estimate of drug-likeness (QED) is 0.541. The molecule has 2 aromatic carbocycles. The van der Waals surface area contributed by atoms with E-state index in [9.17, 15) is 9.59 Å². The highest BCUT2D eigenvalue weighted by molar-refractivity contribution is 6.05. The van der Waals surface area contributed by atoms with Crippen molar-refractivity contribution in [2.45, 2.75) is 18.9 Å². The van der Waals surface area contributed by atoms with E-state index in [-0.39, 0.29) is 18.6 Å². The highest BCUT2D eigenvalue weighted by atomic mass is 16.5. The van der Waals surface area contributed by atoms with Gasteiger partial charge in [0.25, 0.3) is 5.91 Å². The number of nitrogens with zero attached hydrogens (tertiary/aromatic N) is 1. The van der Waals surface area contributed by atoms with Gasteiger partial charge in [-0.05, 0) is 37.1 Å². The molecule has 1 N–H and O–H groups in total. The zero-order valence-corrected chi connectivity index (χ0v) is 18.1. The molecule has 0 spiro atoms. The zero-order valence-electron chi connectivity index (χ0n) is 18.1. The van der Waals surface area contributed by atoms with Gasteiger partial charge >= 0.3 is 5.97 Å². The molecule has 4 rings (SSSR count). The summed E-state index contributed by atoms with van der Waals surface area (Å²) < 4.78 is 21.6. The van der Waals surface area contributed by atoms with E-state index in [1.807, 2.05) is 18.2 Å². The summed E-state index contributed by atoms with van der Waals surface area (Å²) in [5.41, 5.74) is 2.13. The van der Waals surface area contributed by atoms with Gasteiger partial charge in [0, 0.05) is 17.0 Å². The molecule has 3 aromatic rings. The molecule has 8 heteroatoms. The maximum Gasteiger partial charge on any atom is 0.339 e. The SMILES string of the molecule is COc1cc(-c2cc(C(=O)OCC(=O)NC3CC3)c3ccccc3n2)cc(OC)c1OC. The molecule has 1 aliphatic rings. The Balaban J connectivity index is 1.72. The minimum absolute atomic E-state index is 0.203. The lowest BCUT2D eigenvalue weighted by Gasteiger charge is -2.15. The lowest BCUT2D eigenvalue weighted by Crippen LogP contribution is -2.30. The lowest BCUT2D eigenvalue weighted by atomic mass is 10.0. The van der Waals surface area contributed by atoms with Crippen LogP contribution in [0.25, 0.3) is 22.2 Å². The van der Waals surface area contributed by atoms with Crippen molar-refractivity contribution in [3.05, 3.63) is 48.0 Å². The van der Waals surface area contributed by atoms with Crippen molar-refractivity contribution < 1.29 is 28.5 Å². The minimum atomic E-state index is -0.594. The van der Waals surface area contributed by atoms with Gasteiger partial charge in [-0.25, -0.2) is 9.78 Å². The summed E-state index contributed by atoms with van der Waals surface area (Å²) in [6.45, 7) is -0.328. The van der Waals surface area contributed by atoms with Crippen molar-refractivity contribution in [3.8, 4) is 28.5 Å². The number of hydrogen-bond donors (Lipinski definition) is 1. The van der Waals surface area contributed by atoms with Crippen LogP contribution < -0.4 is 19.5 Å². The molecule has 1 aliphatic carbocycles. The van der Waals surface area contributed by atoms with Crippen LogP contribution in [0.5, 0.6) is 17.2 Å². The van der Waals surface area contributed by atoms with Gasteiger partial charge in [0.1, 0.15) is 0 Å². The molecule has 1 fully saturated rings. The van der Waals surface area contributed by atoms with Gasteiger partial charge in [-0.1, -0.05) is 18.2 Å². The van der Waals surface area contributed by atoms with Crippen LogP contribution in [0, 0.1) is 0 Å². The Hall–Kier alpha value is -3.81. The van der Waals surface area contributed by atoms with Gasteiger partial charge in [0.05, 0.1) is 38.1 Å². The van der Waals surface area contributed by atoms with Crippen LogP contribution in [0.15, 0.2) is 42.5 Å². The second-order valence-corrected chi connectivity index (χ2v) is 7.40. The van der Waals surface area contributed by atoms with Gasteiger partial charge in [-0.2, -0.15) is 0 Å². The predicted octanol–water partition coefficient (Wildman–Crippen LogP) is 3.36. The third-order valence-electron chi connectivity index (χ3n) is 5.17. The van der Waals surface area contributed by atoms with Crippen molar-refractivity contribution in [1.29, 1.82) is 0 Å². The number of methoxy groups -OCH3 is 3. The summed E-state index contributed by atoms with van der Waals surface area (Å²) >= 11 is 0. The van der Waals surface area contributed by atoms with Gasteiger partial charge < -0.3 is 24.3 Å². The molecule has 1 heterocycles. The number of rotatable bonds is 8. The van der Waals surface area contributed by atoms with E-state index < -0.39 is 5.97 Å². The van der Waals surface area contributed by atoms with Gasteiger partial charge in [-0.3, -0.25) is 4.79 Å². The molecule has 0 unspecified atom stereocenters. The van der Waals surface area contributed by atoms with Crippen molar-refractivity contribution in [2.75, 3.05) is 27.9 Å². The fraction of sp³-hybridized carbons (Fsp3) is 0.292. The molecule has 0 saturated heterocycles. The first-order valence-electron chi connectivity index (χ1n) is 10.2. The molecule has 32 heavy (non-hydrogen) atoms. The molecule has 1 saturated carbocycles. The van der Waals surface area contributed by atoms with Crippen molar-refractivity contribution in [1.82, 2.24) is 10.3 Å². The van der Waals surface area contributed by atoms with Crippen LogP contribution in [0.1, 0.15) is 23.2 Å². The summed E-state index contributed by atoms with van der Waals surface area (Å²) in [5.74, 6) is 0.503. The standard InChI is InChI=1S/C24H24N2O6/c1-29-20-10-14(11-21(30-2)23(20)31-3)19-12-17(16-6-4-5-7-18(16)26-19)24(28)32-13-22(27)25-15-8-9-15/h4-7,10-12,15H,8-9,13H2,1-3H3,(H,25,27). The van der Waals surface area contributed by atoms with E-state index in [0.29, 0.717) is 45.0 Å². The van der Waals surface area contributed by atoms with E-state index in [0.717, 1.165) is 12.8 Å². The molecule has 166 valence electrons. The van der Waals surface area contributed by atoms with E-state index in [4.69, 9.17) is 23.9 Å². The molecule has 0 aliphatic heterocycles. The van der Waals surface area contributed by atoms with Gasteiger partial charge in [0.2, 0.25) is 5.75 Å². The number of amides is 1. The van der Waals surface area contributed by atoms with E-state index in [2.05, 4.69) is 5.32 Å². The number of carbonyl (C=O) groups excluding carboxylic acids is 2. The monoisotopic (exact) mass is 436 g/mol. The van der Waals surface area contributed by atoms with E-state index in [1.54, 1.807) is 24.3 Å². The molecule has 0 atom stereocenters. The molecule has 0 bridgehead atoms. The number of aromatic nitrogens is 1. The number of hydrogen-bond acceptors (Lipinski definition) is 7. The van der Waals surface area contributed by atoms with Crippen LogP contribution in [0.4, 0.5) is 0 Å². The molecular weight excluding hydrogens is 412 g/mol. The number of pyridine rings is 1. The second kappa shape index (κ2) is 9.13. The fourth-order valence-electron chi connectivity index (χ4n) is 3.43. The van der Waals surface area contributed by atoms with Crippen LogP contribution >= 0.6 is 0 Å². The Bertz CT molecular complexity index is 1150. The van der Waals surface area contributed by atoms with Crippen LogP contribution in [-0.2, 0) is 9.53 Å². The highest BCUT2D eigenvalue weighted by Gasteiger charge is 2.24. The van der Waals surface area contributed by atoms with Crippen molar-refractivity contribution in [2.24, 2.45) is 0 Å². The van der Waals surface area contributed by atoms with Crippen molar-refractivity contribution >= 4 is 22.8 Å². The Morgan fingerprint density at radius 1 is 1.00 bits per heavy atom. The first-order chi connectivity index (χ1) is 15.5. The predicted molar refractivity (Wildman–Crippen MR) is 118 cm³/mol. The minimum Gasteiger partial charge on any atom is -0.493 e. The van der Waals surface area contributed by atoms with E-state index >= 15 is 0 Å². The summed E-state index contributed by atoms with van der Waals surface area (Å²) in [4.78, 5) is 29.5. The largest absolute Gasteiger partial charge is 0.493 e. The average Bonchev–Trinajstić information content (AvgIpc) is 3.64. The Morgan fingerprint density at radius 2 is 1.69 bits per heavy atom. The number of para-hydroxylation sites is 1. The lowest BCUT2D eigenvalue weighted by molar-refractivity contribution is -0.124. The maximum absolute atomic E-state index is 12.9. The topological polar surface area (TPSA) is 96.0 Å². The number of ether oxygens (including phenoxy) is 4. The summed E-state index contributed by atoms with van der Waals surface area (Å²) in [5, 5.41) is 3.44. The molecule has 0 radical (unpaired) electrons. The average molecular weight is 436 g/mol. The van der Waals surface area contributed by atoms with Gasteiger partial charge in [-0.15, -0.1) is 0 Å². The normalized spacial score (nSPS) is 12.8. The fourth-order valence-corrected chi connectivity index (χ4v) is 3.43. The number of carbonyl (C=O) groups is 2. The molecular formula is C24H24N2O6. The van der Waals surface area contributed by atoms with Gasteiger partial charge in [0.15, 0.2) is 18.1 Å². The summed E-state index contributed by atoms with van der Waals surface area (Å²) in [6.07, 6.45) is 1.93. The Labute approximate surface area is 185 Å². The number of nitrogens with one attached hydrogen (secondary N) is 1. The Morgan fingerprint density at radius 3 is 2.31 bits per heavy atom. The molecule has 1 aromatic heterocycles. The smallest absolute Gasteiger partial charge is 0.339 e. The Kier molecular flexibility index (Phi) is 6.11. The van der Waals surface area contributed by atoms with E-state index in [1.165, 1.54) is 21.3 Å². The highest BCUT2D eigenvalue weighted by Crippen LogP contribution is 2.41. The van der Waals surface area contributed by atoms with Crippen molar-refractivity contribution in [3.63, 3.8) is 0 Å². The first kappa shape index (κ1) is 21.4. The molecule has 1 amide bonds. The molecule has 8 nitrogen and oxygen atoms in total. The maximum atomic E-state index is 12.9. The number of fused-ring (bicyclic) bond motifs is 1. The second-order valence-electron chi connectivity index (χ2n) is 7.40. The van der Waals surface area contributed by atoms with Crippen LogP contribution in [-0.4, -0.2) is 50.8 Å². The number of benzene rings is 2.